The van der Waals surface area contributed by atoms with Gasteiger partial charge < -0.3 is 9.67 Å². The number of aromatic carboxylic acids is 1. The Bertz CT molecular complexity index is 1420. The molecule has 2 aromatic heterocycles. The summed E-state index contributed by atoms with van der Waals surface area (Å²) in [5.74, 6) is -2.38. The normalized spacial score (nSPS) is 13.6. The Morgan fingerprint density at radius 1 is 1.16 bits per heavy atom. The van der Waals surface area contributed by atoms with Crippen LogP contribution in [0.2, 0.25) is 5.02 Å². The number of anilines is 1. The highest BCUT2D eigenvalue weighted by atomic mass is 35.5. The molecule has 2 aromatic carbocycles. The van der Waals surface area contributed by atoms with Gasteiger partial charge in [-0.15, -0.1) is 0 Å². The number of carbonyl (C=O) groups excluding carboxylic acids is 2. The molecule has 5 rings (SSSR count). The van der Waals surface area contributed by atoms with E-state index in [1.54, 1.807) is 29.8 Å². The third-order valence-corrected chi connectivity index (χ3v) is 5.91. The standard InChI is InChI=1S/C23H17ClN4O4/c1-26-18-10-19(29)28(22(30)16(18)11-25-26)20-15-9-14(24)7-8-17(15)27(21(20)23(31)32)12-13-5-3-2-4-6-13/h2-9,11H,10,12H2,1H3,(H,31,32). The number of halogens is 1. The highest BCUT2D eigenvalue weighted by Crippen LogP contribution is 2.39. The topological polar surface area (TPSA) is 97.4 Å². The van der Waals surface area contributed by atoms with Crippen LogP contribution in [0.4, 0.5) is 5.69 Å². The summed E-state index contributed by atoms with van der Waals surface area (Å²) in [7, 11) is 1.66. The van der Waals surface area contributed by atoms with Gasteiger partial charge in [-0.25, -0.2) is 9.69 Å². The highest BCUT2D eigenvalue weighted by Gasteiger charge is 2.39. The molecule has 32 heavy (non-hydrogen) atoms. The van der Waals surface area contributed by atoms with Crippen LogP contribution in [-0.4, -0.2) is 37.2 Å². The van der Waals surface area contributed by atoms with Crippen LogP contribution >= 0.6 is 11.6 Å². The molecule has 3 heterocycles. The van der Waals surface area contributed by atoms with E-state index in [0.29, 0.717) is 21.6 Å². The van der Waals surface area contributed by atoms with Gasteiger partial charge in [0.05, 0.1) is 35.1 Å². The van der Waals surface area contributed by atoms with Gasteiger partial charge in [-0.3, -0.25) is 14.3 Å². The molecule has 0 fully saturated rings. The lowest BCUT2D eigenvalue weighted by atomic mass is 10.0. The Morgan fingerprint density at radius 3 is 2.62 bits per heavy atom. The van der Waals surface area contributed by atoms with E-state index in [1.807, 2.05) is 30.3 Å². The van der Waals surface area contributed by atoms with Gasteiger partial charge in [0.1, 0.15) is 0 Å². The van der Waals surface area contributed by atoms with E-state index in [-0.39, 0.29) is 29.9 Å². The molecule has 8 nitrogen and oxygen atoms in total. The van der Waals surface area contributed by atoms with E-state index in [9.17, 15) is 19.5 Å². The van der Waals surface area contributed by atoms with Crippen molar-refractivity contribution in [2.24, 2.45) is 7.05 Å². The second-order valence-corrected chi connectivity index (χ2v) is 8.01. The number of rotatable bonds is 4. The number of carboxylic acid groups (broad SMARTS) is 1. The van der Waals surface area contributed by atoms with Gasteiger partial charge in [0, 0.05) is 24.0 Å². The van der Waals surface area contributed by atoms with Crippen LogP contribution in [0.25, 0.3) is 10.9 Å². The monoisotopic (exact) mass is 448 g/mol. The number of carbonyl (C=O) groups is 3. The largest absolute Gasteiger partial charge is 0.477 e. The number of carboxylic acids is 1. The minimum atomic E-state index is -1.25. The molecular formula is C23H17ClN4O4. The van der Waals surface area contributed by atoms with Crippen LogP contribution in [0.15, 0.2) is 54.7 Å². The summed E-state index contributed by atoms with van der Waals surface area (Å²) < 4.78 is 3.08. The van der Waals surface area contributed by atoms with E-state index < -0.39 is 17.8 Å². The fourth-order valence-corrected chi connectivity index (χ4v) is 4.39. The Balaban J connectivity index is 1.79. The number of amides is 2. The van der Waals surface area contributed by atoms with Crippen molar-refractivity contribution in [3.05, 3.63) is 82.3 Å². The molecule has 1 aliphatic heterocycles. The molecule has 0 saturated heterocycles. The maximum absolute atomic E-state index is 13.3. The van der Waals surface area contributed by atoms with Crippen LogP contribution in [-0.2, 0) is 24.8 Å². The molecule has 0 radical (unpaired) electrons. The van der Waals surface area contributed by atoms with Crippen LogP contribution in [0, 0.1) is 0 Å². The summed E-state index contributed by atoms with van der Waals surface area (Å²) in [5.41, 5.74) is 2.08. The molecule has 1 N–H and O–H groups in total. The summed E-state index contributed by atoms with van der Waals surface area (Å²) in [5, 5.41) is 15.0. The van der Waals surface area contributed by atoms with Crippen molar-refractivity contribution in [2.75, 3.05) is 4.90 Å². The van der Waals surface area contributed by atoms with Gasteiger partial charge in [-0.05, 0) is 23.8 Å². The zero-order chi connectivity index (χ0) is 22.6. The minimum Gasteiger partial charge on any atom is -0.477 e. The number of aryl methyl sites for hydroxylation is 1. The van der Waals surface area contributed by atoms with Gasteiger partial charge in [-0.2, -0.15) is 5.10 Å². The number of nitrogens with zero attached hydrogens (tertiary/aromatic N) is 4. The molecule has 0 saturated carbocycles. The van der Waals surface area contributed by atoms with Crippen molar-refractivity contribution < 1.29 is 19.5 Å². The maximum atomic E-state index is 13.3. The molecule has 0 spiro atoms. The first-order valence-corrected chi connectivity index (χ1v) is 10.2. The molecule has 0 bridgehead atoms. The fourth-order valence-electron chi connectivity index (χ4n) is 4.22. The lowest BCUT2D eigenvalue weighted by molar-refractivity contribution is -0.117. The molecule has 1 aliphatic rings. The van der Waals surface area contributed by atoms with Gasteiger partial charge >= 0.3 is 5.97 Å². The number of fused-ring (bicyclic) bond motifs is 2. The van der Waals surface area contributed by atoms with Crippen molar-refractivity contribution in [1.82, 2.24) is 14.3 Å². The number of imide groups is 1. The summed E-state index contributed by atoms with van der Waals surface area (Å²) in [6, 6.07) is 14.3. The molecule has 0 atom stereocenters. The summed E-state index contributed by atoms with van der Waals surface area (Å²) in [4.78, 5) is 39.9. The van der Waals surface area contributed by atoms with Crippen molar-refractivity contribution in [3.8, 4) is 0 Å². The van der Waals surface area contributed by atoms with Crippen LogP contribution in [0.1, 0.15) is 32.1 Å². The van der Waals surface area contributed by atoms with Gasteiger partial charge in [0.2, 0.25) is 5.91 Å². The van der Waals surface area contributed by atoms with E-state index in [0.717, 1.165) is 10.5 Å². The maximum Gasteiger partial charge on any atom is 0.354 e. The smallest absolute Gasteiger partial charge is 0.354 e. The average molecular weight is 449 g/mol. The number of hydrogen-bond donors (Lipinski definition) is 1. The molecular weight excluding hydrogens is 432 g/mol. The third-order valence-electron chi connectivity index (χ3n) is 5.67. The van der Waals surface area contributed by atoms with Crippen LogP contribution in [0.5, 0.6) is 0 Å². The molecule has 4 aromatic rings. The summed E-state index contributed by atoms with van der Waals surface area (Å²) >= 11 is 6.23. The molecule has 0 aliphatic carbocycles. The second-order valence-electron chi connectivity index (χ2n) is 7.58. The Hall–Kier alpha value is -3.91. The van der Waals surface area contributed by atoms with Gasteiger partial charge in [-0.1, -0.05) is 41.9 Å². The number of hydrogen-bond acceptors (Lipinski definition) is 4. The molecule has 2 amide bonds. The third kappa shape index (κ3) is 2.99. The quantitative estimate of drug-likeness (QED) is 0.482. The number of benzene rings is 2. The second kappa shape index (κ2) is 7.35. The van der Waals surface area contributed by atoms with E-state index in [1.165, 1.54) is 10.9 Å². The summed E-state index contributed by atoms with van der Waals surface area (Å²) in [6.45, 7) is 0.245. The first kappa shape index (κ1) is 20.0. The minimum absolute atomic E-state index is 0.0236. The lowest BCUT2D eigenvalue weighted by Gasteiger charge is -2.25. The first-order valence-electron chi connectivity index (χ1n) is 9.84. The van der Waals surface area contributed by atoms with Crippen LogP contribution in [0.3, 0.4) is 0 Å². The number of aromatic nitrogens is 3. The van der Waals surface area contributed by atoms with Gasteiger partial charge in [0.25, 0.3) is 5.91 Å². The Labute approximate surface area is 187 Å². The fraction of sp³-hybridized carbons (Fsp3) is 0.130. The lowest BCUT2D eigenvalue weighted by Crippen LogP contribution is -2.43. The van der Waals surface area contributed by atoms with Crippen molar-refractivity contribution in [1.29, 1.82) is 0 Å². The van der Waals surface area contributed by atoms with Crippen molar-refractivity contribution in [2.45, 2.75) is 13.0 Å². The Kier molecular flexibility index (Phi) is 4.60. The zero-order valence-corrected chi connectivity index (χ0v) is 17.7. The highest BCUT2D eigenvalue weighted by molar-refractivity contribution is 6.33. The van der Waals surface area contributed by atoms with Crippen LogP contribution < -0.4 is 4.90 Å². The first-order chi connectivity index (χ1) is 15.4. The molecule has 9 heteroatoms. The molecule has 160 valence electrons. The van der Waals surface area contributed by atoms with Crippen molar-refractivity contribution in [3.63, 3.8) is 0 Å². The predicted octanol–water partition coefficient (Wildman–Crippen LogP) is 3.50. The van der Waals surface area contributed by atoms with E-state index in [2.05, 4.69) is 5.10 Å². The summed E-state index contributed by atoms with van der Waals surface area (Å²) in [6.07, 6.45) is 1.33. The average Bonchev–Trinajstić information content (AvgIpc) is 3.27. The molecule has 0 unspecified atom stereocenters. The predicted molar refractivity (Wildman–Crippen MR) is 118 cm³/mol. The van der Waals surface area contributed by atoms with E-state index >= 15 is 0 Å². The van der Waals surface area contributed by atoms with E-state index in [4.69, 9.17) is 11.6 Å². The van der Waals surface area contributed by atoms with Gasteiger partial charge in [0.15, 0.2) is 5.69 Å². The van der Waals surface area contributed by atoms with Crippen molar-refractivity contribution >= 4 is 46.0 Å². The zero-order valence-electron chi connectivity index (χ0n) is 16.9. The SMILES string of the molecule is Cn1ncc2c1CC(=O)N(c1c(C(=O)O)n(Cc3ccccc3)c3ccc(Cl)cc13)C2=O. The Morgan fingerprint density at radius 2 is 1.91 bits per heavy atom.